The van der Waals surface area contributed by atoms with Crippen molar-refractivity contribution in [3.63, 3.8) is 0 Å². The Morgan fingerprint density at radius 3 is 2.74 bits per heavy atom. The highest BCUT2D eigenvalue weighted by Crippen LogP contribution is 2.26. The molecule has 0 radical (unpaired) electrons. The monoisotopic (exact) mass is 326 g/mol. The molecule has 6 heteroatoms. The van der Waals surface area contributed by atoms with Crippen molar-refractivity contribution in [2.45, 2.75) is 18.9 Å². The van der Waals surface area contributed by atoms with Crippen molar-refractivity contribution in [3.05, 3.63) is 33.8 Å². The zero-order chi connectivity index (χ0) is 14.2. The molecular weight excluding hydrogens is 312 g/mol. The fourth-order valence-corrected chi connectivity index (χ4v) is 2.60. The molecule has 3 N–H and O–H groups in total. The third kappa shape index (κ3) is 2.50. The smallest absolute Gasteiger partial charge is 0.325 e. The zero-order valence-corrected chi connectivity index (χ0v) is 12.1. The number of hydrogen-bond donors (Lipinski definition) is 2. The van der Waals surface area contributed by atoms with Crippen molar-refractivity contribution in [2.75, 3.05) is 13.1 Å². The van der Waals surface area contributed by atoms with Crippen LogP contribution in [-0.2, 0) is 4.79 Å². The molecule has 1 aliphatic rings. The number of carboxylic acid groups (broad SMARTS) is 1. The summed E-state index contributed by atoms with van der Waals surface area (Å²) in [5, 5.41) is 9.07. The van der Waals surface area contributed by atoms with E-state index >= 15 is 0 Å². The first-order chi connectivity index (χ1) is 8.85. The lowest BCUT2D eigenvalue weighted by atomic mass is 10.0. The number of nitrogens with zero attached hydrogens (tertiary/aromatic N) is 1. The average molecular weight is 327 g/mol. The lowest BCUT2D eigenvalue weighted by molar-refractivity contribution is -0.142. The molecule has 1 amide bonds. The summed E-state index contributed by atoms with van der Waals surface area (Å²) in [6.07, 6.45) is 0.275. The molecule has 5 nitrogen and oxygen atoms in total. The molecule has 0 spiro atoms. The first-order valence-corrected chi connectivity index (χ1v) is 6.71. The SMILES string of the molecule is Cc1cccc(C(=O)N2CCC(N)(C(=O)O)C2)c1Br. The maximum Gasteiger partial charge on any atom is 0.325 e. The highest BCUT2D eigenvalue weighted by atomic mass is 79.9. The maximum absolute atomic E-state index is 12.4. The number of hydrogen-bond acceptors (Lipinski definition) is 3. The molecule has 1 atom stereocenters. The predicted molar refractivity (Wildman–Crippen MR) is 74.0 cm³/mol. The third-order valence-corrected chi connectivity index (χ3v) is 4.49. The Labute approximate surface area is 119 Å². The zero-order valence-electron chi connectivity index (χ0n) is 10.5. The number of nitrogens with two attached hydrogens (primary N) is 1. The number of likely N-dealkylation sites (tertiary alicyclic amines) is 1. The van der Waals surface area contributed by atoms with Gasteiger partial charge in [-0.3, -0.25) is 9.59 Å². The molecule has 19 heavy (non-hydrogen) atoms. The molecule has 0 aromatic heterocycles. The summed E-state index contributed by atoms with van der Waals surface area (Å²) in [6, 6.07) is 5.42. The molecule has 0 aliphatic carbocycles. The molecule has 1 fully saturated rings. The minimum absolute atomic E-state index is 0.0432. The van der Waals surface area contributed by atoms with Crippen molar-refractivity contribution in [1.82, 2.24) is 4.90 Å². The summed E-state index contributed by atoms with van der Waals surface area (Å²) in [7, 11) is 0. The Bertz CT molecular complexity index is 547. The fraction of sp³-hybridized carbons (Fsp3) is 0.385. The second-order valence-electron chi connectivity index (χ2n) is 4.87. The van der Waals surface area contributed by atoms with E-state index in [4.69, 9.17) is 10.8 Å². The van der Waals surface area contributed by atoms with Crippen molar-refractivity contribution < 1.29 is 14.7 Å². The van der Waals surface area contributed by atoms with Crippen LogP contribution in [0.15, 0.2) is 22.7 Å². The Morgan fingerprint density at radius 2 is 2.16 bits per heavy atom. The van der Waals surface area contributed by atoms with Gasteiger partial charge in [0, 0.05) is 17.6 Å². The first-order valence-electron chi connectivity index (χ1n) is 5.92. The largest absolute Gasteiger partial charge is 0.480 e. The van der Waals surface area contributed by atoms with E-state index in [1.165, 1.54) is 4.90 Å². The highest BCUT2D eigenvalue weighted by Gasteiger charge is 2.43. The number of halogens is 1. The van der Waals surface area contributed by atoms with Crippen LogP contribution in [-0.4, -0.2) is 40.5 Å². The number of aryl methyl sites for hydroxylation is 1. The van der Waals surface area contributed by atoms with Crippen LogP contribution >= 0.6 is 15.9 Å². The molecule has 1 aromatic rings. The van der Waals surface area contributed by atoms with Crippen LogP contribution in [0.1, 0.15) is 22.3 Å². The summed E-state index contributed by atoms with van der Waals surface area (Å²) >= 11 is 3.39. The van der Waals surface area contributed by atoms with Gasteiger partial charge in [0.2, 0.25) is 0 Å². The molecule has 1 aliphatic heterocycles. The first kappa shape index (κ1) is 14.0. The van der Waals surface area contributed by atoms with Gasteiger partial charge in [-0.05, 0) is 40.9 Å². The molecule has 1 saturated heterocycles. The van der Waals surface area contributed by atoms with Gasteiger partial charge in [0.05, 0.1) is 5.56 Å². The highest BCUT2D eigenvalue weighted by molar-refractivity contribution is 9.10. The van der Waals surface area contributed by atoms with E-state index in [9.17, 15) is 9.59 Å². The number of benzene rings is 1. The van der Waals surface area contributed by atoms with Gasteiger partial charge >= 0.3 is 5.97 Å². The predicted octanol–water partition coefficient (Wildman–Crippen LogP) is 1.39. The van der Waals surface area contributed by atoms with Crippen molar-refractivity contribution in [3.8, 4) is 0 Å². The number of amides is 1. The van der Waals surface area contributed by atoms with E-state index < -0.39 is 11.5 Å². The fourth-order valence-electron chi connectivity index (χ4n) is 2.16. The Hall–Kier alpha value is -1.40. The summed E-state index contributed by atoms with van der Waals surface area (Å²) in [6.45, 7) is 2.30. The number of carboxylic acids is 1. The van der Waals surface area contributed by atoms with Gasteiger partial charge in [0.25, 0.3) is 5.91 Å². The summed E-state index contributed by atoms with van der Waals surface area (Å²) < 4.78 is 0.741. The normalized spacial score (nSPS) is 22.6. The number of aliphatic carboxylic acids is 1. The summed E-state index contributed by atoms with van der Waals surface area (Å²) in [5.41, 5.74) is 5.94. The van der Waals surface area contributed by atoms with Crippen LogP contribution in [0.3, 0.4) is 0 Å². The molecule has 2 rings (SSSR count). The van der Waals surface area contributed by atoms with Gasteiger partial charge < -0.3 is 15.7 Å². The molecule has 1 unspecified atom stereocenters. The molecule has 1 aromatic carbocycles. The Kier molecular flexibility index (Phi) is 3.64. The van der Waals surface area contributed by atoms with Crippen molar-refractivity contribution >= 4 is 27.8 Å². The molecule has 102 valence electrons. The molecule has 1 heterocycles. The summed E-state index contributed by atoms with van der Waals surface area (Å²) in [4.78, 5) is 24.9. The maximum atomic E-state index is 12.4. The second-order valence-corrected chi connectivity index (χ2v) is 5.67. The third-order valence-electron chi connectivity index (χ3n) is 3.44. The molecule has 0 bridgehead atoms. The standard InChI is InChI=1S/C13H15BrN2O3/c1-8-3-2-4-9(10(8)14)11(17)16-6-5-13(15,7-16)12(18)19/h2-4H,5-7,15H2,1H3,(H,18,19). The van der Waals surface area contributed by atoms with Crippen molar-refractivity contribution in [1.29, 1.82) is 0 Å². The number of carbonyl (C=O) groups is 2. The molecule has 0 saturated carbocycles. The van der Waals surface area contributed by atoms with E-state index in [0.717, 1.165) is 10.0 Å². The van der Waals surface area contributed by atoms with E-state index in [2.05, 4.69) is 15.9 Å². The quantitative estimate of drug-likeness (QED) is 0.860. The van der Waals surface area contributed by atoms with Crippen LogP contribution in [0.25, 0.3) is 0 Å². The second kappa shape index (κ2) is 4.94. The lowest BCUT2D eigenvalue weighted by Crippen LogP contribution is -2.50. The minimum Gasteiger partial charge on any atom is -0.480 e. The Morgan fingerprint density at radius 1 is 1.47 bits per heavy atom. The van der Waals surface area contributed by atoms with Gasteiger partial charge in [0.15, 0.2) is 0 Å². The van der Waals surface area contributed by atoms with Crippen LogP contribution in [0.5, 0.6) is 0 Å². The van der Waals surface area contributed by atoms with Gasteiger partial charge in [-0.1, -0.05) is 12.1 Å². The van der Waals surface area contributed by atoms with Gasteiger partial charge in [-0.2, -0.15) is 0 Å². The summed E-state index contributed by atoms with van der Waals surface area (Å²) in [5.74, 6) is -1.25. The topological polar surface area (TPSA) is 83.6 Å². The van der Waals surface area contributed by atoms with Crippen LogP contribution in [0.2, 0.25) is 0 Å². The van der Waals surface area contributed by atoms with Gasteiger partial charge in [0.1, 0.15) is 5.54 Å². The van der Waals surface area contributed by atoms with E-state index in [1.54, 1.807) is 12.1 Å². The van der Waals surface area contributed by atoms with E-state index in [-0.39, 0.29) is 18.9 Å². The van der Waals surface area contributed by atoms with Crippen LogP contribution in [0.4, 0.5) is 0 Å². The lowest BCUT2D eigenvalue weighted by Gasteiger charge is -2.20. The average Bonchev–Trinajstić information content (AvgIpc) is 2.76. The van der Waals surface area contributed by atoms with Crippen molar-refractivity contribution in [2.24, 2.45) is 5.73 Å². The van der Waals surface area contributed by atoms with Crippen LogP contribution < -0.4 is 5.73 Å². The van der Waals surface area contributed by atoms with E-state index in [0.29, 0.717) is 12.1 Å². The van der Waals surface area contributed by atoms with Gasteiger partial charge in [-0.15, -0.1) is 0 Å². The minimum atomic E-state index is -1.33. The van der Waals surface area contributed by atoms with E-state index in [1.807, 2.05) is 13.0 Å². The van der Waals surface area contributed by atoms with Gasteiger partial charge in [-0.25, -0.2) is 0 Å². The molecular formula is C13H15BrN2O3. The number of carbonyl (C=O) groups excluding carboxylic acids is 1. The van der Waals surface area contributed by atoms with Crippen LogP contribution in [0, 0.1) is 6.92 Å². The number of rotatable bonds is 2. The Balaban J connectivity index is 2.23.